The molecule has 1 aromatic carbocycles. The molecule has 7 heteroatoms. The van der Waals surface area contributed by atoms with Crippen LogP contribution in [0.15, 0.2) is 24.3 Å². The van der Waals surface area contributed by atoms with E-state index < -0.39 is 12.1 Å². The summed E-state index contributed by atoms with van der Waals surface area (Å²) in [7, 11) is 0. The Morgan fingerprint density at radius 3 is 2.46 bits per heavy atom. The average Bonchev–Trinajstić information content (AvgIpc) is 2.54. The molecule has 0 aliphatic carbocycles. The Bertz CT molecular complexity index is 524. The lowest BCUT2D eigenvalue weighted by molar-refractivity contribution is -0.167. The molecule has 1 amide bonds. The number of ether oxygens (including phenoxy) is 1. The first kappa shape index (κ1) is 18.6. The summed E-state index contributed by atoms with van der Waals surface area (Å²) in [5.41, 5.74) is 0.0899. The second-order valence-corrected chi connectivity index (χ2v) is 6.20. The predicted molar refractivity (Wildman–Crippen MR) is 86.1 cm³/mol. The molecule has 1 aliphatic heterocycles. The zero-order valence-electron chi connectivity index (χ0n) is 13.7. The van der Waals surface area contributed by atoms with E-state index in [1.54, 1.807) is 17.4 Å². The molecule has 0 bridgehead atoms. The molecule has 2 rings (SSSR count). The van der Waals surface area contributed by atoms with E-state index in [9.17, 15) is 18.0 Å². The number of benzene rings is 1. The van der Waals surface area contributed by atoms with Crippen LogP contribution in [0, 0.1) is 5.92 Å². The summed E-state index contributed by atoms with van der Waals surface area (Å²) in [6.07, 6.45) is -1.50. The molecule has 1 aliphatic rings. The highest BCUT2D eigenvalue weighted by Crippen LogP contribution is 2.20. The number of hydrogen-bond donors (Lipinski definition) is 1. The van der Waals surface area contributed by atoms with Crippen molar-refractivity contribution in [1.29, 1.82) is 0 Å². The highest BCUT2D eigenvalue weighted by molar-refractivity contribution is 5.94. The molecule has 1 fully saturated rings. The first-order chi connectivity index (χ1) is 11.3. The molecule has 0 atom stereocenters. The van der Waals surface area contributed by atoms with Gasteiger partial charge in [0.05, 0.1) is 6.61 Å². The van der Waals surface area contributed by atoms with Gasteiger partial charge in [-0.15, -0.1) is 0 Å². The van der Waals surface area contributed by atoms with Crippen LogP contribution in [-0.4, -0.2) is 43.2 Å². The lowest BCUT2D eigenvalue weighted by Gasteiger charge is -2.30. The second-order valence-electron chi connectivity index (χ2n) is 6.20. The molecule has 0 saturated carbocycles. The van der Waals surface area contributed by atoms with Gasteiger partial charge in [-0.25, -0.2) is 0 Å². The Hall–Kier alpha value is -1.76. The summed E-state index contributed by atoms with van der Waals surface area (Å²) in [6.45, 7) is 6.09. The van der Waals surface area contributed by atoms with E-state index in [2.05, 4.69) is 11.8 Å². The van der Waals surface area contributed by atoms with Crippen molar-refractivity contribution in [3.8, 4) is 5.75 Å². The number of nitrogens with zero attached hydrogens (tertiary/aromatic N) is 1. The second kappa shape index (κ2) is 8.37. The van der Waals surface area contributed by atoms with Gasteiger partial charge < -0.3 is 15.0 Å². The van der Waals surface area contributed by atoms with Gasteiger partial charge in [-0.1, -0.05) is 6.92 Å². The molecule has 134 valence electrons. The normalized spacial score (nSPS) is 16.8. The van der Waals surface area contributed by atoms with Crippen molar-refractivity contribution in [2.24, 2.45) is 5.92 Å². The molecule has 0 radical (unpaired) electrons. The molecule has 0 unspecified atom stereocenters. The van der Waals surface area contributed by atoms with Crippen molar-refractivity contribution in [2.45, 2.75) is 32.4 Å². The minimum Gasteiger partial charge on any atom is -0.494 e. The highest BCUT2D eigenvalue weighted by Gasteiger charge is 2.38. The Balaban J connectivity index is 1.67. The highest BCUT2D eigenvalue weighted by atomic mass is 19.4. The Kier molecular flexibility index (Phi) is 6.48. The minimum atomic E-state index is -4.89. The van der Waals surface area contributed by atoms with Gasteiger partial charge in [0.1, 0.15) is 5.75 Å². The van der Waals surface area contributed by atoms with Crippen LogP contribution >= 0.6 is 0 Å². The van der Waals surface area contributed by atoms with E-state index in [-0.39, 0.29) is 5.69 Å². The van der Waals surface area contributed by atoms with E-state index in [1.165, 1.54) is 25.0 Å². The van der Waals surface area contributed by atoms with Crippen LogP contribution in [0.5, 0.6) is 5.75 Å². The molecule has 0 spiro atoms. The van der Waals surface area contributed by atoms with Crippen molar-refractivity contribution >= 4 is 11.6 Å². The number of anilines is 1. The van der Waals surface area contributed by atoms with Crippen LogP contribution in [0.25, 0.3) is 0 Å². The summed E-state index contributed by atoms with van der Waals surface area (Å²) in [5.74, 6) is -0.590. The van der Waals surface area contributed by atoms with Gasteiger partial charge in [0, 0.05) is 12.2 Å². The maximum atomic E-state index is 12.2. The third-order valence-electron chi connectivity index (χ3n) is 4.13. The summed E-state index contributed by atoms with van der Waals surface area (Å²) in [6, 6.07) is 5.89. The zero-order chi connectivity index (χ0) is 17.6. The molecule has 1 saturated heterocycles. The fraction of sp³-hybridized carbons (Fsp3) is 0.588. The van der Waals surface area contributed by atoms with Crippen molar-refractivity contribution in [1.82, 2.24) is 4.90 Å². The largest absolute Gasteiger partial charge is 0.494 e. The summed E-state index contributed by atoms with van der Waals surface area (Å²) >= 11 is 0. The van der Waals surface area contributed by atoms with E-state index in [4.69, 9.17) is 4.74 Å². The number of rotatable bonds is 6. The monoisotopic (exact) mass is 344 g/mol. The SMILES string of the molecule is CC1CCN(CCCOc2ccc(NC(=O)C(F)(F)F)cc2)CC1. The number of carbonyl (C=O) groups excluding carboxylic acids is 1. The van der Waals surface area contributed by atoms with Crippen LogP contribution < -0.4 is 10.1 Å². The third-order valence-corrected chi connectivity index (χ3v) is 4.13. The number of likely N-dealkylation sites (tertiary alicyclic amines) is 1. The topological polar surface area (TPSA) is 41.6 Å². The number of hydrogen-bond acceptors (Lipinski definition) is 3. The van der Waals surface area contributed by atoms with Crippen molar-refractivity contribution < 1.29 is 22.7 Å². The standard InChI is InChI=1S/C17H23F3N2O2/c1-13-7-10-22(11-8-13)9-2-12-24-15-5-3-14(4-6-15)21-16(23)17(18,19)20/h3-6,13H,2,7-12H2,1H3,(H,21,23). The smallest absolute Gasteiger partial charge is 0.471 e. The Labute approximate surface area is 140 Å². The quantitative estimate of drug-likeness (QED) is 0.801. The maximum Gasteiger partial charge on any atom is 0.471 e. The number of nitrogens with one attached hydrogen (secondary N) is 1. The van der Waals surface area contributed by atoms with Crippen LogP contribution in [0.1, 0.15) is 26.2 Å². The lowest BCUT2D eigenvalue weighted by Crippen LogP contribution is -2.34. The van der Waals surface area contributed by atoms with Crippen molar-refractivity contribution in [3.05, 3.63) is 24.3 Å². The van der Waals surface area contributed by atoms with Crippen LogP contribution in [0.2, 0.25) is 0 Å². The first-order valence-electron chi connectivity index (χ1n) is 8.18. The van der Waals surface area contributed by atoms with E-state index in [0.29, 0.717) is 12.4 Å². The van der Waals surface area contributed by atoms with Gasteiger partial charge in [-0.05, 0) is 62.5 Å². The van der Waals surface area contributed by atoms with E-state index >= 15 is 0 Å². The average molecular weight is 344 g/mol. The van der Waals surface area contributed by atoms with Crippen LogP contribution in [0.3, 0.4) is 0 Å². The number of halogens is 3. The Morgan fingerprint density at radius 2 is 1.88 bits per heavy atom. The molecule has 1 N–H and O–H groups in total. The van der Waals surface area contributed by atoms with Gasteiger partial charge in [-0.3, -0.25) is 4.79 Å². The molecule has 1 heterocycles. The number of piperidine rings is 1. The molecule has 0 aromatic heterocycles. The van der Waals surface area contributed by atoms with Gasteiger partial charge >= 0.3 is 12.1 Å². The zero-order valence-corrected chi connectivity index (χ0v) is 13.7. The number of alkyl halides is 3. The molecular formula is C17H23F3N2O2. The lowest BCUT2D eigenvalue weighted by atomic mass is 9.99. The van der Waals surface area contributed by atoms with Crippen LogP contribution in [0.4, 0.5) is 18.9 Å². The van der Waals surface area contributed by atoms with E-state index in [0.717, 1.165) is 32.0 Å². The van der Waals surface area contributed by atoms with Gasteiger partial charge in [0.25, 0.3) is 0 Å². The minimum absolute atomic E-state index is 0.0899. The van der Waals surface area contributed by atoms with Crippen molar-refractivity contribution in [3.63, 3.8) is 0 Å². The predicted octanol–water partition coefficient (Wildman–Crippen LogP) is 3.69. The number of carbonyl (C=O) groups is 1. The Morgan fingerprint density at radius 1 is 1.25 bits per heavy atom. The van der Waals surface area contributed by atoms with E-state index in [1.807, 2.05) is 0 Å². The molecule has 1 aromatic rings. The van der Waals surface area contributed by atoms with Gasteiger partial charge in [0.2, 0.25) is 0 Å². The van der Waals surface area contributed by atoms with Gasteiger partial charge in [-0.2, -0.15) is 13.2 Å². The van der Waals surface area contributed by atoms with Crippen LogP contribution in [-0.2, 0) is 4.79 Å². The van der Waals surface area contributed by atoms with Crippen molar-refractivity contribution in [2.75, 3.05) is 31.6 Å². The first-order valence-corrected chi connectivity index (χ1v) is 8.18. The summed E-state index contributed by atoms with van der Waals surface area (Å²) < 4.78 is 42.0. The fourth-order valence-electron chi connectivity index (χ4n) is 2.60. The summed E-state index contributed by atoms with van der Waals surface area (Å²) in [5, 5.41) is 1.80. The fourth-order valence-corrected chi connectivity index (χ4v) is 2.60. The molecule has 4 nitrogen and oxygen atoms in total. The number of amides is 1. The molecule has 24 heavy (non-hydrogen) atoms. The third kappa shape index (κ3) is 6.03. The summed E-state index contributed by atoms with van der Waals surface area (Å²) in [4.78, 5) is 13.3. The maximum absolute atomic E-state index is 12.2. The molecular weight excluding hydrogens is 321 g/mol. The van der Waals surface area contributed by atoms with Gasteiger partial charge in [0.15, 0.2) is 0 Å².